The van der Waals surface area contributed by atoms with Crippen molar-refractivity contribution in [3.8, 4) is 0 Å². The zero-order valence-corrected chi connectivity index (χ0v) is 11.2. The molecule has 2 aromatic heterocycles. The molecule has 3 nitrogen and oxygen atoms in total. The van der Waals surface area contributed by atoms with E-state index < -0.39 is 0 Å². The van der Waals surface area contributed by atoms with E-state index in [0.717, 1.165) is 17.2 Å². The number of rotatable bonds is 4. The summed E-state index contributed by atoms with van der Waals surface area (Å²) in [6.45, 7) is 7.12. The molecule has 0 aliphatic heterocycles. The molecule has 0 saturated carbocycles. The summed E-state index contributed by atoms with van der Waals surface area (Å²) in [6.07, 6.45) is 3.73. The van der Waals surface area contributed by atoms with Crippen LogP contribution in [0.2, 0.25) is 0 Å². The summed E-state index contributed by atoms with van der Waals surface area (Å²) < 4.78 is 0. The molecule has 0 aliphatic rings. The van der Waals surface area contributed by atoms with Gasteiger partial charge < -0.3 is 5.32 Å². The van der Waals surface area contributed by atoms with E-state index in [1.165, 1.54) is 11.1 Å². The molecule has 0 aromatic carbocycles. The molecule has 0 fully saturated rings. The van der Waals surface area contributed by atoms with E-state index in [2.05, 4.69) is 40.6 Å². The van der Waals surface area contributed by atoms with Gasteiger partial charge in [0.2, 0.25) is 0 Å². The first-order valence-electron chi connectivity index (χ1n) is 5.71. The van der Waals surface area contributed by atoms with E-state index in [1.54, 1.807) is 11.3 Å². The Morgan fingerprint density at radius 2 is 2.24 bits per heavy atom. The molecule has 0 aliphatic carbocycles. The van der Waals surface area contributed by atoms with Gasteiger partial charge >= 0.3 is 0 Å². The highest BCUT2D eigenvalue weighted by atomic mass is 32.1. The van der Waals surface area contributed by atoms with Crippen molar-refractivity contribution in [3.63, 3.8) is 0 Å². The number of aryl methyl sites for hydroxylation is 2. The Labute approximate surface area is 106 Å². The predicted octanol–water partition coefficient (Wildman–Crippen LogP) is 3.01. The smallest absolute Gasteiger partial charge is 0.0898 e. The van der Waals surface area contributed by atoms with Crippen LogP contribution in [-0.2, 0) is 6.54 Å². The molecular weight excluding hydrogens is 230 g/mol. The first-order chi connectivity index (χ1) is 8.16. The molecule has 0 spiro atoms. The maximum atomic E-state index is 4.49. The third-order valence-electron chi connectivity index (χ3n) is 2.82. The Bertz CT molecular complexity index is 493. The van der Waals surface area contributed by atoms with Gasteiger partial charge in [0, 0.05) is 30.4 Å². The van der Waals surface area contributed by atoms with E-state index >= 15 is 0 Å². The molecule has 0 amide bonds. The Morgan fingerprint density at radius 3 is 2.88 bits per heavy atom. The molecule has 1 N–H and O–H groups in total. The normalized spacial score (nSPS) is 12.6. The van der Waals surface area contributed by atoms with Crippen molar-refractivity contribution in [3.05, 3.63) is 45.7 Å². The van der Waals surface area contributed by atoms with E-state index in [4.69, 9.17) is 0 Å². The second kappa shape index (κ2) is 5.38. The van der Waals surface area contributed by atoms with Gasteiger partial charge in [-0.05, 0) is 38.0 Å². The van der Waals surface area contributed by atoms with E-state index in [9.17, 15) is 0 Å². The van der Waals surface area contributed by atoms with Crippen molar-refractivity contribution < 1.29 is 0 Å². The fourth-order valence-corrected chi connectivity index (χ4v) is 2.35. The van der Waals surface area contributed by atoms with Gasteiger partial charge in [-0.3, -0.25) is 4.98 Å². The van der Waals surface area contributed by atoms with Crippen LogP contribution in [0.1, 0.15) is 34.8 Å². The van der Waals surface area contributed by atoms with Gasteiger partial charge in [-0.1, -0.05) is 0 Å². The quantitative estimate of drug-likeness (QED) is 0.902. The maximum Gasteiger partial charge on any atom is 0.0898 e. The van der Waals surface area contributed by atoms with Crippen LogP contribution in [-0.4, -0.2) is 9.97 Å². The fraction of sp³-hybridized carbons (Fsp3) is 0.385. The van der Waals surface area contributed by atoms with E-state index in [-0.39, 0.29) is 6.04 Å². The second-order valence-corrected chi connectivity index (χ2v) is 5.26. The van der Waals surface area contributed by atoms with Crippen molar-refractivity contribution >= 4 is 11.3 Å². The maximum absolute atomic E-state index is 4.49. The number of nitrogens with one attached hydrogen (secondary N) is 1. The molecule has 0 saturated heterocycles. The van der Waals surface area contributed by atoms with E-state index in [0.29, 0.717) is 0 Å². The molecular formula is C13H17N3S. The molecule has 0 bridgehead atoms. The lowest BCUT2D eigenvalue weighted by Gasteiger charge is -2.12. The molecule has 2 aromatic rings. The number of thiazole rings is 1. The summed E-state index contributed by atoms with van der Waals surface area (Å²) in [5, 5.41) is 6.72. The van der Waals surface area contributed by atoms with Crippen molar-refractivity contribution in [2.24, 2.45) is 0 Å². The molecule has 1 unspecified atom stereocenters. The molecule has 2 heterocycles. The topological polar surface area (TPSA) is 37.8 Å². The molecule has 1 atom stereocenters. The summed E-state index contributed by atoms with van der Waals surface area (Å²) in [5.74, 6) is 0. The third-order valence-corrected chi connectivity index (χ3v) is 3.61. The fourth-order valence-electron chi connectivity index (χ4n) is 1.65. The Hall–Kier alpha value is -1.26. The minimum atomic E-state index is 0.285. The number of nitrogens with zero attached hydrogens (tertiary/aromatic N) is 2. The van der Waals surface area contributed by atoms with Gasteiger partial charge in [-0.25, -0.2) is 4.98 Å². The van der Waals surface area contributed by atoms with Crippen molar-refractivity contribution in [2.75, 3.05) is 0 Å². The van der Waals surface area contributed by atoms with Crippen LogP contribution < -0.4 is 5.32 Å². The highest BCUT2D eigenvalue weighted by molar-refractivity contribution is 7.09. The van der Waals surface area contributed by atoms with Crippen LogP contribution in [0.5, 0.6) is 0 Å². The monoisotopic (exact) mass is 247 g/mol. The zero-order valence-electron chi connectivity index (χ0n) is 10.4. The number of hydrogen-bond acceptors (Lipinski definition) is 4. The molecule has 0 radical (unpaired) electrons. The van der Waals surface area contributed by atoms with Crippen LogP contribution in [0.25, 0.3) is 0 Å². The second-order valence-electron chi connectivity index (χ2n) is 4.20. The summed E-state index contributed by atoms with van der Waals surface area (Å²) in [7, 11) is 0. The van der Waals surface area contributed by atoms with Crippen molar-refractivity contribution in [2.45, 2.75) is 33.4 Å². The SMILES string of the molecule is Cc1nc(C(C)NCc2ccncc2C)cs1. The minimum absolute atomic E-state index is 0.285. The zero-order chi connectivity index (χ0) is 12.3. The molecule has 90 valence electrons. The minimum Gasteiger partial charge on any atom is -0.305 e. The highest BCUT2D eigenvalue weighted by Gasteiger charge is 2.08. The molecule has 2 rings (SSSR count). The number of pyridine rings is 1. The summed E-state index contributed by atoms with van der Waals surface area (Å²) in [6, 6.07) is 2.34. The lowest BCUT2D eigenvalue weighted by atomic mass is 10.1. The van der Waals surface area contributed by atoms with Crippen LogP contribution in [0, 0.1) is 13.8 Å². The molecule has 17 heavy (non-hydrogen) atoms. The van der Waals surface area contributed by atoms with Gasteiger partial charge in [0.15, 0.2) is 0 Å². The number of hydrogen-bond donors (Lipinski definition) is 1. The van der Waals surface area contributed by atoms with Crippen LogP contribution >= 0.6 is 11.3 Å². The summed E-state index contributed by atoms with van der Waals surface area (Å²) in [5.41, 5.74) is 3.64. The Kier molecular flexibility index (Phi) is 3.86. The predicted molar refractivity (Wildman–Crippen MR) is 71.1 cm³/mol. The van der Waals surface area contributed by atoms with Crippen LogP contribution in [0.3, 0.4) is 0 Å². The largest absolute Gasteiger partial charge is 0.305 e. The average Bonchev–Trinajstić information content (AvgIpc) is 2.74. The lowest BCUT2D eigenvalue weighted by Crippen LogP contribution is -2.19. The third kappa shape index (κ3) is 3.11. The summed E-state index contributed by atoms with van der Waals surface area (Å²) >= 11 is 1.70. The van der Waals surface area contributed by atoms with E-state index in [1.807, 2.05) is 19.3 Å². The summed E-state index contributed by atoms with van der Waals surface area (Å²) in [4.78, 5) is 8.58. The van der Waals surface area contributed by atoms with Gasteiger partial charge in [-0.15, -0.1) is 11.3 Å². The van der Waals surface area contributed by atoms with Crippen LogP contribution in [0.15, 0.2) is 23.8 Å². The van der Waals surface area contributed by atoms with Crippen molar-refractivity contribution in [1.29, 1.82) is 0 Å². The number of aromatic nitrogens is 2. The molecule has 4 heteroatoms. The van der Waals surface area contributed by atoms with Gasteiger partial charge in [-0.2, -0.15) is 0 Å². The van der Waals surface area contributed by atoms with Gasteiger partial charge in [0.25, 0.3) is 0 Å². The highest BCUT2D eigenvalue weighted by Crippen LogP contribution is 2.16. The van der Waals surface area contributed by atoms with Gasteiger partial charge in [0.05, 0.1) is 10.7 Å². The van der Waals surface area contributed by atoms with Crippen molar-refractivity contribution in [1.82, 2.24) is 15.3 Å². The van der Waals surface area contributed by atoms with Gasteiger partial charge in [0.1, 0.15) is 0 Å². The average molecular weight is 247 g/mol. The Morgan fingerprint density at radius 1 is 1.41 bits per heavy atom. The standard InChI is InChI=1S/C13H17N3S/c1-9-6-14-5-4-12(9)7-15-10(2)13-8-17-11(3)16-13/h4-6,8,10,15H,7H2,1-3H3. The Balaban J connectivity index is 1.97. The van der Waals surface area contributed by atoms with Crippen LogP contribution in [0.4, 0.5) is 0 Å². The first-order valence-corrected chi connectivity index (χ1v) is 6.59. The lowest BCUT2D eigenvalue weighted by molar-refractivity contribution is 0.562. The first kappa shape index (κ1) is 12.2.